The lowest BCUT2D eigenvalue weighted by atomic mass is 9.87. The van der Waals surface area contributed by atoms with Gasteiger partial charge in [0.15, 0.2) is 0 Å². The maximum atomic E-state index is 12.0. The van der Waals surface area contributed by atoms with E-state index >= 15 is 0 Å². The van der Waals surface area contributed by atoms with E-state index in [-0.39, 0.29) is 11.3 Å². The van der Waals surface area contributed by atoms with Gasteiger partial charge in [0.25, 0.3) is 5.91 Å². The Bertz CT molecular complexity index is 702. The van der Waals surface area contributed by atoms with Crippen molar-refractivity contribution in [1.82, 2.24) is 20.2 Å². The van der Waals surface area contributed by atoms with Crippen LogP contribution < -0.4 is 10.6 Å². The molecule has 1 amide bonds. The summed E-state index contributed by atoms with van der Waals surface area (Å²) in [6.45, 7) is 8.11. The summed E-state index contributed by atoms with van der Waals surface area (Å²) < 4.78 is 0. The topological polar surface area (TPSA) is 70.2 Å². The van der Waals surface area contributed by atoms with Crippen LogP contribution in [0.4, 0.5) is 11.5 Å². The second kappa shape index (κ2) is 8.76. The smallest absolute Gasteiger partial charge is 0.271 e. The number of benzene rings is 1. The van der Waals surface area contributed by atoms with Gasteiger partial charge >= 0.3 is 0 Å². The molecule has 2 rings (SSSR count). The van der Waals surface area contributed by atoms with Crippen molar-refractivity contribution >= 4 is 17.4 Å². The van der Waals surface area contributed by atoms with Gasteiger partial charge in [-0.2, -0.15) is 0 Å². The zero-order valence-electron chi connectivity index (χ0n) is 16.3. The minimum atomic E-state index is -0.197. The normalized spacial score (nSPS) is 11.5. The second-order valence-corrected chi connectivity index (χ2v) is 7.65. The predicted molar refractivity (Wildman–Crippen MR) is 106 cm³/mol. The lowest BCUT2D eigenvalue weighted by Crippen LogP contribution is -2.27. The number of aromatic nitrogens is 2. The molecule has 1 aromatic heterocycles. The zero-order chi connectivity index (χ0) is 19.2. The molecule has 2 N–H and O–H groups in total. The number of anilines is 2. The van der Waals surface area contributed by atoms with Gasteiger partial charge in [-0.15, -0.1) is 0 Å². The third-order valence-electron chi connectivity index (χ3n) is 3.98. The van der Waals surface area contributed by atoms with Crippen molar-refractivity contribution in [3.63, 3.8) is 0 Å². The van der Waals surface area contributed by atoms with Gasteiger partial charge in [-0.1, -0.05) is 32.9 Å². The van der Waals surface area contributed by atoms with Crippen LogP contribution in [0, 0.1) is 0 Å². The fourth-order valence-electron chi connectivity index (χ4n) is 2.40. The second-order valence-electron chi connectivity index (χ2n) is 7.65. The standard InChI is InChI=1S/C20H29N5O/c1-20(2,3)15-7-9-16(10-8-15)24-18-14-22-17(13-23-18)19(26)21-11-6-12-25(4)5/h7-10,13-14H,6,11-12H2,1-5H3,(H,21,26)(H,23,24). The molecule has 6 heteroatoms. The summed E-state index contributed by atoms with van der Waals surface area (Å²) in [6, 6.07) is 8.25. The predicted octanol–water partition coefficient (Wildman–Crippen LogP) is 3.20. The molecule has 0 spiro atoms. The first-order valence-corrected chi connectivity index (χ1v) is 8.88. The Labute approximate surface area is 156 Å². The van der Waals surface area contributed by atoms with Crippen molar-refractivity contribution in [1.29, 1.82) is 0 Å². The Hall–Kier alpha value is -2.47. The first-order chi connectivity index (χ1) is 12.3. The highest BCUT2D eigenvalue weighted by molar-refractivity contribution is 5.92. The van der Waals surface area contributed by atoms with Gasteiger partial charge in [0.1, 0.15) is 11.5 Å². The molecule has 1 aromatic carbocycles. The van der Waals surface area contributed by atoms with E-state index in [2.05, 4.69) is 58.4 Å². The summed E-state index contributed by atoms with van der Waals surface area (Å²) in [5.74, 6) is 0.412. The minimum absolute atomic E-state index is 0.125. The zero-order valence-corrected chi connectivity index (χ0v) is 16.3. The van der Waals surface area contributed by atoms with Crippen LogP contribution in [-0.4, -0.2) is 48.0 Å². The quantitative estimate of drug-likeness (QED) is 0.747. The molecule has 0 radical (unpaired) electrons. The molecule has 0 fully saturated rings. The van der Waals surface area contributed by atoms with Gasteiger partial charge in [-0.25, -0.2) is 9.97 Å². The highest BCUT2D eigenvalue weighted by Crippen LogP contribution is 2.24. The van der Waals surface area contributed by atoms with Crippen LogP contribution in [0.25, 0.3) is 0 Å². The van der Waals surface area contributed by atoms with Gasteiger partial charge in [-0.05, 0) is 50.2 Å². The third kappa shape index (κ3) is 6.11. The third-order valence-corrected chi connectivity index (χ3v) is 3.98. The number of hydrogen-bond donors (Lipinski definition) is 2. The van der Waals surface area contributed by atoms with Crippen molar-refractivity contribution in [3.8, 4) is 0 Å². The maximum absolute atomic E-state index is 12.0. The van der Waals surface area contributed by atoms with Crippen LogP contribution in [0.2, 0.25) is 0 Å². The molecule has 0 saturated carbocycles. The lowest BCUT2D eigenvalue weighted by molar-refractivity contribution is 0.0947. The molecular formula is C20H29N5O. The fraction of sp³-hybridized carbons (Fsp3) is 0.450. The summed E-state index contributed by atoms with van der Waals surface area (Å²) in [7, 11) is 4.02. The average Bonchev–Trinajstić information content (AvgIpc) is 2.59. The number of carbonyl (C=O) groups is 1. The van der Waals surface area contributed by atoms with Crippen LogP contribution in [0.15, 0.2) is 36.7 Å². The van der Waals surface area contributed by atoms with E-state index in [9.17, 15) is 4.79 Å². The summed E-state index contributed by atoms with van der Waals surface area (Å²) in [6.07, 6.45) is 3.97. The maximum Gasteiger partial charge on any atom is 0.271 e. The summed E-state index contributed by atoms with van der Waals surface area (Å²) >= 11 is 0. The molecule has 0 aliphatic rings. The molecule has 0 saturated heterocycles. The Kier molecular flexibility index (Phi) is 6.69. The van der Waals surface area contributed by atoms with E-state index in [0.717, 1.165) is 18.7 Å². The van der Waals surface area contributed by atoms with Gasteiger partial charge in [-0.3, -0.25) is 4.79 Å². The molecule has 0 aliphatic carbocycles. The van der Waals surface area contributed by atoms with Crippen molar-refractivity contribution in [2.75, 3.05) is 32.5 Å². The number of amides is 1. The number of rotatable bonds is 7. The van der Waals surface area contributed by atoms with Crippen molar-refractivity contribution < 1.29 is 4.79 Å². The molecule has 6 nitrogen and oxygen atoms in total. The van der Waals surface area contributed by atoms with Crippen LogP contribution >= 0.6 is 0 Å². The van der Waals surface area contributed by atoms with Gasteiger partial charge in [0.2, 0.25) is 0 Å². The van der Waals surface area contributed by atoms with E-state index in [1.54, 1.807) is 6.20 Å². The molecule has 26 heavy (non-hydrogen) atoms. The highest BCUT2D eigenvalue weighted by Gasteiger charge is 2.13. The van der Waals surface area contributed by atoms with Gasteiger partial charge in [0.05, 0.1) is 12.4 Å². The van der Waals surface area contributed by atoms with Gasteiger partial charge in [0, 0.05) is 12.2 Å². The first-order valence-electron chi connectivity index (χ1n) is 8.88. The van der Waals surface area contributed by atoms with Crippen LogP contribution in [0.5, 0.6) is 0 Å². The summed E-state index contributed by atoms with van der Waals surface area (Å²) in [5, 5.41) is 6.06. The van der Waals surface area contributed by atoms with Crippen molar-refractivity contribution in [2.45, 2.75) is 32.6 Å². The van der Waals surface area contributed by atoms with E-state index in [1.165, 1.54) is 11.8 Å². The molecule has 0 atom stereocenters. The Morgan fingerprint density at radius 2 is 1.77 bits per heavy atom. The molecule has 2 aromatic rings. The van der Waals surface area contributed by atoms with Crippen LogP contribution in [0.1, 0.15) is 43.2 Å². The molecule has 140 valence electrons. The summed E-state index contributed by atoms with van der Waals surface area (Å²) in [5.41, 5.74) is 2.66. The lowest BCUT2D eigenvalue weighted by Gasteiger charge is -2.19. The molecule has 0 bridgehead atoms. The van der Waals surface area contributed by atoms with E-state index in [1.807, 2.05) is 26.2 Å². The first kappa shape index (κ1) is 19.8. The molecule has 0 aliphatic heterocycles. The van der Waals surface area contributed by atoms with Crippen LogP contribution in [0.3, 0.4) is 0 Å². The Morgan fingerprint density at radius 3 is 2.31 bits per heavy atom. The average molecular weight is 355 g/mol. The molecule has 1 heterocycles. The Balaban J connectivity index is 1.89. The van der Waals surface area contributed by atoms with Crippen LogP contribution in [-0.2, 0) is 5.41 Å². The van der Waals surface area contributed by atoms with Gasteiger partial charge < -0.3 is 15.5 Å². The highest BCUT2D eigenvalue weighted by atomic mass is 16.1. The minimum Gasteiger partial charge on any atom is -0.351 e. The van der Waals surface area contributed by atoms with E-state index in [4.69, 9.17) is 0 Å². The number of carbonyl (C=O) groups excluding carboxylic acids is 1. The number of nitrogens with one attached hydrogen (secondary N) is 2. The fourth-order valence-corrected chi connectivity index (χ4v) is 2.40. The van der Waals surface area contributed by atoms with Crippen molar-refractivity contribution in [3.05, 3.63) is 47.9 Å². The van der Waals surface area contributed by atoms with E-state index in [0.29, 0.717) is 18.1 Å². The van der Waals surface area contributed by atoms with Crippen molar-refractivity contribution in [2.24, 2.45) is 0 Å². The number of hydrogen-bond acceptors (Lipinski definition) is 5. The SMILES string of the molecule is CN(C)CCCNC(=O)c1cnc(Nc2ccc(C(C)(C)C)cc2)cn1. The molecular weight excluding hydrogens is 326 g/mol. The Morgan fingerprint density at radius 1 is 1.08 bits per heavy atom. The van der Waals surface area contributed by atoms with E-state index < -0.39 is 0 Å². The largest absolute Gasteiger partial charge is 0.351 e. The number of nitrogens with zero attached hydrogens (tertiary/aromatic N) is 3. The molecule has 0 unspecified atom stereocenters. The summed E-state index contributed by atoms with van der Waals surface area (Å²) in [4.78, 5) is 22.6. The monoisotopic (exact) mass is 355 g/mol.